The Morgan fingerprint density at radius 1 is 1.33 bits per heavy atom. The highest BCUT2D eigenvalue weighted by Gasteiger charge is 2.22. The number of carbonyl (C=O) groups is 1. The minimum Gasteiger partial charge on any atom is -0.497 e. The van der Waals surface area contributed by atoms with Crippen molar-refractivity contribution in [2.75, 3.05) is 7.11 Å². The number of thiocarbonyl (C=S) groups is 1. The first-order valence-electron chi connectivity index (χ1n) is 6.15. The van der Waals surface area contributed by atoms with Crippen molar-refractivity contribution in [2.24, 2.45) is 0 Å². The van der Waals surface area contributed by atoms with E-state index in [1.165, 1.54) is 11.8 Å². The highest BCUT2D eigenvalue weighted by Crippen LogP contribution is 2.29. The summed E-state index contributed by atoms with van der Waals surface area (Å²) in [6, 6.07) is 11.3. The van der Waals surface area contributed by atoms with E-state index in [0.717, 1.165) is 11.3 Å². The molecule has 2 aromatic rings. The highest BCUT2D eigenvalue weighted by atomic mass is 32.2. The third-order valence-electron chi connectivity index (χ3n) is 2.90. The highest BCUT2D eigenvalue weighted by molar-refractivity contribution is 8.26. The minimum absolute atomic E-state index is 0.190. The van der Waals surface area contributed by atoms with Crippen molar-refractivity contribution in [3.8, 4) is 17.1 Å². The van der Waals surface area contributed by atoms with E-state index in [1.54, 1.807) is 13.2 Å². The first-order valence-corrected chi connectivity index (χ1v) is 7.37. The second-order valence-electron chi connectivity index (χ2n) is 4.29. The maximum absolute atomic E-state index is 11.6. The lowest BCUT2D eigenvalue weighted by Gasteiger charge is -2.01. The summed E-state index contributed by atoms with van der Waals surface area (Å²) < 4.78 is 11.4. The molecular weight excluding hydrogens is 306 g/mol. The number of furan rings is 1. The zero-order chi connectivity index (χ0) is 14.8. The fraction of sp³-hybridized carbons (Fsp3) is 0.0667. The van der Waals surface area contributed by atoms with Crippen LogP contribution >= 0.6 is 24.0 Å². The number of thioether (sulfide) groups is 1. The Balaban J connectivity index is 1.88. The van der Waals surface area contributed by atoms with E-state index in [0.29, 0.717) is 20.7 Å². The number of nitrogens with one attached hydrogen (secondary N) is 1. The first kappa shape index (κ1) is 13.9. The zero-order valence-corrected chi connectivity index (χ0v) is 12.7. The van der Waals surface area contributed by atoms with Gasteiger partial charge in [0.25, 0.3) is 5.91 Å². The van der Waals surface area contributed by atoms with Crippen molar-refractivity contribution in [3.63, 3.8) is 0 Å². The van der Waals surface area contributed by atoms with Crippen LogP contribution in [-0.2, 0) is 4.79 Å². The van der Waals surface area contributed by atoms with Crippen molar-refractivity contribution in [2.45, 2.75) is 0 Å². The first-order chi connectivity index (χ1) is 10.2. The Morgan fingerprint density at radius 3 is 2.90 bits per heavy atom. The summed E-state index contributed by atoms with van der Waals surface area (Å²) in [6.07, 6.45) is 1.68. The van der Waals surface area contributed by atoms with Crippen LogP contribution in [0.4, 0.5) is 0 Å². The summed E-state index contributed by atoms with van der Waals surface area (Å²) in [5, 5.41) is 2.57. The van der Waals surface area contributed by atoms with Crippen LogP contribution in [0.25, 0.3) is 17.4 Å². The molecule has 6 heteroatoms. The molecule has 106 valence electrons. The molecule has 0 unspecified atom stereocenters. The van der Waals surface area contributed by atoms with Gasteiger partial charge in [0.1, 0.15) is 21.6 Å². The summed E-state index contributed by atoms with van der Waals surface area (Å²) in [5.74, 6) is 1.89. The summed E-state index contributed by atoms with van der Waals surface area (Å²) in [4.78, 5) is 12.1. The molecule has 0 radical (unpaired) electrons. The number of carbonyl (C=O) groups excluding carboxylic acids is 1. The van der Waals surface area contributed by atoms with Gasteiger partial charge in [-0.15, -0.1) is 0 Å². The van der Waals surface area contributed by atoms with Gasteiger partial charge >= 0.3 is 0 Å². The monoisotopic (exact) mass is 317 g/mol. The van der Waals surface area contributed by atoms with E-state index in [9.17, 15) is 4.79 Å². The van der Waals surface area contributed by atoms with E-state index in [2.05, 4.69) is 5.32 Å². The summed E-state index contributed by atoms with van der Waals surface area (Å²) in [7, 11) is 1.62. The fourth-order valence-electron chi connectivity index (χ4n) is 1.91. The van der Waals surface area contributed by atoms with Gasteiger partial charge in [-0.3, -0.25) is 4.79 Å². The maximum atomic E-state index is 11.6. The Kier molecular flexibility index (Phi) is 3.81. The van der Waals surface area contributed by atoms with E-state index in [1.807, 2.05) is 36.4 Å². The molecule has 0 spiro atoms. The minimum atomic E-state index is -0.190. The molecule has 1 amide bonds. The number of benzene rings is 1. The van der Waals surface area contributed by atoms with E-state index < -0.39 is 0 Å². The van der Waals surface area contributed by atoms with Crippen molar-refractivity contribution >= 4 is 40.3 Å². The van der Waals surface area contributed by atoms with Gasteiger partial charge in [-0.2, -0.15) is 0 Å². The SMILES string of the molecule is COc1cccc(-c2ccc(/C=C3\SC(=S)NC3=O)o2)c1. The largest absolute Gasteiger partial charge is 0.497 e. The van der Waals surface area contributed by atoms with Gasteiger partial charge in [-0.25, -0.2) is 0 Å². The molecule has 0 saturated carbocycles. The van der Waals surface area contributed by atoms with Gasteiger partial charge in [0, 0.05) is 11.6 Å². The number of hydrogen-bond acceptors (Lipinski definition) is 5. The molecule has 1 aliphatic heterocycles. The van der Waals surface area contributed by atoms with Crippen LogP contribution in [0.1, 0.15) is 5.76 Å². The van der Waals surface area contributed by atoms with Crippen LogP contribution < -0.4 is 10.1 Å². The van der Waals surface area contributed by atoms with Crippen molar-refractivity contribution < 1.29 is 13.9 Å². The number of methoxy groups -OCH3 is 1. The molecule has 2 heterocycles. The van der Waals surface area contributed by atoms with Crippen LogP contribution in [0.15, 0.2) is 45.7 Å². The number of hydrogen-bond donors (Lipinski definition) is 1. The number of amides is 1. The van der Waals surface area contributed by atoms with Gasteiger partial charge < -0.3 is 14.5 Å². The van der Waals surface area contributed by atoms with E-state index >= 15 is 0 Å². The summed E-state index contributed by atoms with van der Waals surface area (Å²) in [6.45, 7) is 0. The average molecular weight is 317 g/mol. The quantitative estimate of drug-likeness (QED) is 0.694. The van der Waals surface area contributed by atoms with Gasteiger partial charge in [0.05, 0.1) is 12.0 Å². The standard InChI is InChI=1S/C15H11NO3S2/c1-18-10-4-2-3-9(7-10)12-6-5-11(19-12)8-13-14(17)16-15(20)21-13/h2-8H,1H3,(H,16,17,20)/b13-8-. The molecule has 0 aliphatic carbocycles. The molecule has 1 saturated heterocycles. The Bertz CT molecular complexity index is 749. The second kappa shape index (κ2) is 5.75. The molecule has 1 N–H and O–H groups in total. The Labute approximate surface area is 131 Å². The lowest BCUT2D eigenvalue weighted by atomic mass is 10.2. The predicted molar refractivity (Wildman–Crippen MR) is 87.0 cm³/mol. The normalized spacial score (nSPS) is 16.3. The van der Waals surface area contributed by atoms with Crippen molar-refractivity contribution in [3.05, 3.63) is 47.1 Å². The molecule has 21 heavy (non-hydrogen) atoms. The fourth-order valence-corrected chi connectivity index (χ4v) is 2.94. The molecule has 1 fully saturated rings. The molecule has 1 aromatic heterocycles. The maximum Gasteiger partial charge on any atom is 0.263 e. The smallest absolute Gasteiger partial charge is 0.263 e. The van der Waals surface area contributed by atoms with Crippen molar-refractivity contribution in [1.82, 2.24) is 5.32 Å². The third kappa shape index (κ3) is 3.01. The van der Waals surface area contributed by atoms with Gasteiger partial charge in [-0.1, -0.05) is 36.1 Å². The van der Waals surface area contributed by atoms with Gasteiger partial charge in [-0.05, 0) is 24.3 Å². The summed E-state index contributed by atoms with van der Waals surface area (Å²) >= 11 is 6.18. The molecule has 3 rings (SSSR count). The number of ether oxygens (including phenoxy) is 1. The average Bonchev–Trinajstić information content (AvgIpc) is 3.06. The second-order valence-corrected chi connectivity index (χ2v) is 6.01. The number of rotatable bonds is 3. The van der Waals surface area contributed by atoms with Crippen LogP contribution in [0.2, 0.25) is 0 Å². The Hall–Kier alpha value is -2.05. The lowest BCUT2D eigenvalue weighted by molar-refractivity contribution is -0.115. The van der Waals surface area contributed by atoms with E-state index in [-0.39, 0.29) is 5.91 Å². The zero-order valence-electron chi connectivity index (χ0n) is 11.1. The predicted octanol–water partition coefficient (Wildman–Crippen LogP) is 3.44. The topological polar surface area (TPSA) is 51.5 Å². The van der Waals surface area contributed by atoms with Gasteiger partial charge in [0.2, 0.25) is 0 Å². The molecule has 1 aromatic carbocycles. The molecule has 0 atom stereocenters. The molecule has 4 nitrogen and oxygen atoms in total. The van der Waals surface area contributed by atoms with Crippen LogP contribution in [0, 0.1) is 0 Å². The molecular formula is C15H11NO3S2. The van der Waals surface area contributed by atoms with Crippen LogP contribution in [0.5, 0.6) is 5.75 Å². The van der Waals surface area contributed by atoms with E-state index in [4.69, 9.17) is 21.4 Å². The van der Waals surface area contributed by atoms with Crippen molar-refractivity contribution in [1.29, 1.82) is 0 Å². The van der Waals surface area contributed by atoms with Gasteiger partial charge in [0.15, 0.2) is 0 Å². The molecule has 0 bridgehead atoms. The van der Waals surface area contributed by atoms with Crippen LogP contribution in [-0.4, -0.2) is 17.3 Å². The lowest BCUT2D eigenvalue weighted by Crippen LogP contribution is -2.17. The van der Waals surface area contributed by atoms with Crippen LogP contribution in [0.3, 0.4) is 0 Å². The summed E-state index contributed by atoms with van der Waals surface area (Å²) in [5.41, 5.74) is 0.915. The Morgan fingerprint density at radius 2 is 2.19 bits per heavy atom. The third-order valence-corrected chi connectivity index (χ3v) is 4.06. The molecule has 1 aliphatic rings.